The molecule has 5 N–H and O–H groups in total. The van der Waals surface area contributed by atoms with E-state index < -0.39 is 48.7 Å². The number of carboxylic acids is 1. The number of likely N-dealkylation sites (N-methyl/N-ethyl adjacent to an activating group) is 2. The van der Waals surface area contributed by atoms with Crippen molar-refractivity contribution in [3.8, 4) is 11.5 Å². The summed E-state index contributed by atoms with van der Waals surface area (Å²) in [6.07, 6.45) is -9.74. The van der Waals surface area contributed by atoms with E-state index in [0.29, 0.717) is 46.4 Å². The Hall–Kier alpha value is -5.04. The summed E-state index contributed by atoms with van der Waals surface area (Å²) in [5.74, 6) is -2.06. The first kappa shape index (κ1) is 42.6. The topological polar surface area (TPSA) is 199 Å². The number of amides is 3. The molecule has 0 radical (unpaired) electrons. The molecule has 4 aromatic carbocycles. The third-order valence-electron chi connectivity index (χ3n) is 11.4. The van der Waals surface area contributed by atoms with Crippen molar-refractivity contribution in [2.45, 2.75) is 42.5 Å². The van der Waals surface area contributed by atoms with Gasteiger partial charge in [-0.05, 0) is 41.1 Å². The molecular weight excluding hydrogens is 851 g/mol. The number of aliphatic hydroxyl groups excluding tert-OH is 3. The van der Waals surface area contributed by atoms with Gasteiger partial charge < -0.3 is 54.7 Å². The number of carbonyl (C=O) groups excluding carboxylic acids is 3. The van der Waals surface area contributed by atoms with Crippen LogP contribution in [0.15, 0.2) is 72.8 Å². The van der Waals surface area contributed by atoms with Gasteiger partial charge in [0.05, 0.1) is 21.1 Å². The maximum absolute atomic E-state index is 14.5. The number of aliphatic carboxylic acids is 1. The van der Waals surface area contributed by atoms with Crippen molar-refractivity contribution in [3.05, 3.63) is 93.7 Å². The zero-order valence-corrected chi connectivity index (χ0v) is 35.2. The number of hydrogen-bond donors (Lipinski definition) is 5. The van der Waals surface area contributed by atoms with Crippen molar-refractivity contribution in [2.75, 3.05) is 61.8 Å². The summed E-state index contributed by atoms with van der Waals surface area (Å²) >= 11 is 14.1. The van der Waals surface area contributed by atoms with E-state index in [1.165, 1.54) is 9.80 Å². The lowest BCUT2D eigenvalue weighted by Crippen LogP contribution is -2.61. The predicted octanol–water partition coefficient (Wildman–Crippen LogP) is 4.94. The number of fused-ring (bicyclic) bond motifs is 6. The number of hydrogen-bond acceptors (Lipinski definition) is 12. The molecule has 1 aromatic heterocycles. The van der Waals surface area contributed by atoms with E-state index >= 15 is 0 Å². The minimum absolute atomic E-state index is 0.116. The summed E-state index contributed by atoms with van der Waals surface area (Å²) in [6, 6.07) is 21.1. The van der Waals surface area contributed by atoms with E-state index in [0.717, 1.165) is 27.8 Å². The number of rotatable bonds is 11. The number of anilines is 2. The average molecular weight is 894 g/mol. The zero-order valence-electron chi connectivity index (χ0n) is 32.9. The fraction of sp³-hybridized carbons (Fsp3) is 0.349. The van der Waals surface area contributed by atoms with Crippen molar-refractivity contribution in [1.82, 2.24) is 10.2 Å². The fourth-order valence-corrected chi connectivity index (χ4v) is 9.70. The van der Waals surface area contributed by atoms with Crippen molar-refractivity contribution in [2.24, 2.45) is 0 Å². The Morgan fingerprint density at radius 1 is 0.787 bits per heavy atom. The Balaban J connectivity index is 1.11. The van der Waals surface area contributed by atoms with Gasteiger partial charge in [0.25, 0.3) is 11.8 Å². The molecule has 5 aromatic rings. The quantitative estimate of drug-likeness (QED) is 0.112. The minimum Gasteiger partial charge on any atom is -0.479 e. The molecule has 15 nitrogen and oxygen atoms in total. The number of aliphatic hydroxyl groups is 3. The molecule has 18 heteroatoms. The van der Waals surface area contributed by atoms with Gasteiger partial charge in [-0.15, -0.1) is 34.5 Å². The third kappa shape index (κ3) is 7.65. The SMILES string of the molecule is CNCCN(C)C(=O)Oc1cc2c(c3ccccc13)C(CCl)CN2C(=O)c1ccc(C(=O)N2CC(CCl)c3c2cc(OC2OC(C(=O)O)C(O)C(O)C2O)c2ccccc32)s1. The molecular formula is C43H42Cl2N4O11S. The Morgan fingerprint density at radius 2 is 1.30 bits per heavy atom. The highest BCUT2D eigenvalue weighted by molar-refractivity contribution is 7.16. The summed E-state index contributed by atoms with van der Waals surface area (Å²) in [5.41, 5.74) is 2.62. The summed E-state index contributed by atoms with van der Waals surface area (Å²) < 4.78 is 17.4. The van der Waals surface area contributed by atoms with E-state index in [-0.39, 0.29) is 58.1 Å². The van der Waals surface area contributed by atoms with E-state index in [4.69, 9.17) is 37.4 Å². The molecule has 1 saturated heterocycles. The van der Waals surface area contributed by atoms with Crippen molar-refractivity contribution in [3.63, 3.8) is 0 Å². The number of ether oxygens (including phenoxy) is 3. The summed E-state index contributed by atoms with van der Waals surface area (Å²) in [5, 5.41) is 46.8. The van der Waals surface area contributed by atoms with Crippen LogP contribution in [0, 0.1) is 0 Å². The second kappa shape index (κ2) is 17.4. The number of carboxylic acid groups (broad SMARTS) is 1. The Morgan fingerprint density at radius 3 is 1.80 bits per heavy atom. The van der Waals surface area contributed by atoms with Crippen LogP contribution < -0.4 is 24.6 Å². The number of carbonyl (C=O) groups is 4. The first-order valence-electron chi connectivity index (χ1n) is 19.5. The molecule has 3 amide bonds. The van der Waals surface area contributed by atoms with Crippen molar-refractivity contribution < 1.29 is 53.8 Å². The Bertz CT molecular complexity index is 2540. The average Bonchev–Trinajstić information content (AvgIpc) is 4.01. The maximum atomic E-state index is 14.5. The van der Waals surface area contributed by atoms with E-state index in [2.05, 4.69) is 5.32 Å². The molecule has 4 heterocycles. The largest absolute Gasteiger partial charge is 0.479 e. The number of alkyl halides is 2. The highest BCUT2D eigenvalue weighted by Gasteiger charge is 2.48. The molecule has 0 saturated carbocycles. The van der Waals surface area contributed by atoms with Gasteiger partial charge >= 0.3 is 12.1 Å². The maximum Gasteiger partial charge on any atom is 0.415 e. The second-order valence-corrected chi connectivity index (χ2v) is 16.9. The molecule has 7 unspecified atom stereocenters. The number of nitrogens with zero attached hydrogens (tertiary/aromatic N) is 3. The van der Waals surface area contributed by atoms with Crippen LogP contribution in [0.25, 0.3) is 21.5 Å². The third-order valence-corrected chi connectivity index (χ3v) is 13.2. The lowest BCUT2D eigenvalue weighted by Gasteiger charge is -2.38. The molecule has 61 heavy (non-hydrogen) atoms. The first-order valence-corrected chi connectivity index (χ1v) is 21.4. The van der Waals surface area contributed by atoms with Gasteiger partial charge in [0.15, 0.2) is 6.10 Å². The molecule has 0 aliphatic carbocycles. The molecule has 320 valence electrons. The van der Waals surface area contributed by atoms with Gasteiger partial charge in [-0.1, -0.05) is 48.5 Å². The van der Waals surface area contributed by atoms with Gasteiger partial charge in [-0.25, -0.2) is 9.59 Å². The molecule has 3 aliphatic rings. The van der Waals surface area contributed by atoms with Crippen LogP contribution >= 0.6 is 34.5 Å². The van der Waals surface area contributed by atoms with Crippen molar-refractivity contribution >= 4 is 91.3 Å². The highest BCUT2D eigenvalue weighted by atomic mass is 35.5. The van der Waals surface area contributed by atoms with Gasteiger partial charge in [-0.3, -0.25) is 9.59 Å². The van der Waals surface area contributed by atoms with Crippen molar-refractivity contribution in [1.29, 1.82) is 0 Å². The number of nitrogens with one attached hydrogen (secondary N) is 1. The van der Waals surface area contributed by atoms with Crippen LogP contribution in [0.2, 0.25) is 0 Å². The number of thiophene rings is 1. The summed E-state index contributed by atoms with van der Waals surface area (Å²) in [7, 11) is 3.43. The lowest BCUT2D eigenvalue weighted by atomic mass is 9.95. The molecule has 8 rings (SSSR count). The van der Waals surface area contributed by atoms with Gasteiger partial charge in [0.2, 0.25) is 6.29 Å². The standard InChI is InChI=1S/C43H42Cl2N4O11S/c1-46-13-14-47(2)43(57)59-30-16-28-34(26-10-6-4-8-24(26)30)22(18-45)20-49(28)40(54)32-12-11-31(61-32)39(53)48-19-21(17-44)33-25-9-5-3-7-23(25)29(15-27(33)48)58-42-37(52)35(50)36(51)38(60-42)41(55)56/h3-12,15-16,21-22,35-38,42,46,50-52H,13-14,17-20H2,1-2H3,(H,55,56). The number of halogens is 2. The first-order chi connectivity index (χ1) is 29.4. The van der Waals surface area contributed by atoms with E-state index in [1.54, 1.807) is 61.5 Å². The predicted molar refractivity (Wildman–Crippen MR) is 230 cm³/mol. The Labute approximate surface area is 363 Å². The summed E-state index contributed by atoms with van der Waals surface area (Å²) in [4.78, 5) is 59.0. The Kier molecular flexibility index (Phi) is 12.1. The molecule has 1 fully saturated rings. The van der Waals surface area contributed by atoms with Gasteiger partial charge in [-0.2, -0.15) is 0 Å². The van der Waals surface area contributed by atoms with Crippen LogP contribution in [0.1, 0.15) is 42.3 Å². The monoisotopic (exact) mass is 892 g/mol. The lowest BCUT2D eigenvalue weighted by molar-refractivity contribution is -0.270. The second-order valence-electron chi connectivity index (χ2n) is 15.2. The minimum atomic E-state index is -1.91. The molecule has 0 bridgehead atoms. The van der Waals surface area contributed by atoms with Crippen LogP contribution in [-0.2, 0) is 9.53 Å². The molecule has 0 spiro atoms. The fourth-order valence-electron chi connectivity index (χ4n) is 8.30. The zero-order chi connectivity index (χ0) is 43.3. The van der Waals surface area contributed by atoms with E-state index in [1.807, 2.05) is 30.3 Å². The normalized spacial score (nSPS) is 23.2. The smallest absolute Gasteiger partial charge is 0.415 e. The number of benzene rings is 4. The van der Waals surface area contributed by atoms with E-state index in [9.17, 15) is 39.6 Å². The molecule has 3 aliphatic heterocycles. The van der Waals surface area contributed by atoms with Gasteiger partial charge in [0.1, 0.15) is 29.8 Å². The van der Waals surface area contributed by atoms with Crippen LogP contribution in [0.4, 0.5) is 16.2 Å². The van der Waals surface area contributed by atoms with Crippen LogP contribution in [0.3, 0.4) is 0 Å². The van der Waals surface area contributed by atoms with Gasteiger partial charge in [0, 0.05) is 79.7 Å². The summed E-state index contributed by atoms with van der Waals surface area (Å²) in [6.45, 7) is 1.44. The highest BCUT2D eigenvalue weighted by Crippen LogP contribution is 2.48. The van der Waals surface area contributed by atoms with Crippen LogP contribution in [-0.4, -0.2) is 132 Å². The van der Waals surface area contributed by atoms with Crippen LogP contribution in [0.5, 0.6) is 11.5 Å². The molecule has 7 atom stereocenters.